The van der Waals surface area contributed by atoms with E-state index in [9.17, 15) is 8.78 Å². The van der Waals surface area contributed by atoms with E-state index in [2.05, 4.69) is 9.97 Å². The van der Waals surface area contributed by atoms with Crippen molar-refractivity contribution in [3.05, 3.63) is 83.7 Å². The fourth-order valence-electron chi connectivity index (χ4n) is 3.66. The van der Waals surface area contributed by atoms with Crippen molar-refractivity contribution in [2.24, 2.45) is 0 Å². The van der Waals surface area contributed by atoms with Gasteiger partial charge in [0.15, 0.2) is 11.6 Å². The van der Waals surface area contributed by atoms with Crippen LogP contribution in [0.4, 0.5) is 8.78 Å². The molecule has 0 fully saturated rings. The molecule has 5 rings (SSSR count). The van der Waals surface area contributed by atoms with Gasteiger partial charge in [0.2, 0.25) is 5.71 Å². The Morgan fingerprint density at radius 2 is 1.69 bits per heavy atom. The summed E-state index contributed by atoms with van der Waals surface area (Å²) in [4.78, 5) is 9.01. The van der Waals surface area contributed by atoms with Crippen LogP contribution in [-0.4, -0.2) is 9.97 Å². The summed E-state index contributed by atoms with van der Waals surface area (Å²) in [7, 11) is 0. The van der Waals surface area contributed by atoms with Gasteiger partial charge in [-0.2, -0.15) is 0 Å². The molecule has 0 spiro atoms. The molecule has 0 saturated carbocycles. The van der Waals surface area contributed by atoms with E-state index < -0.39 is 11.6 Å². The van der Waals surface area contributed by atoms with Crippen LogP contribution in [0.2, 0.25) is 0 Å². The highest BCUT2D eigenvalue weighted by Crippen LogP contribution is 2.37. The lowest BCUT2D eigenvalue weighted by Gasteiger charge is -2.08. The van der Waals surface area contributed by atoms with Gasteiger partial charge in [0, 0.05) is 39.4 Å². The molecule has 5 aromatic rings. The molecule has 3 heterocycles. The summed E-state index contributed by atoms with van der Waals surface area (Å²) in [6, 6.07) is 15.7. The number of pyridine rings is 2. The van der Waals surface area contributed by atoms with Crippen molar-refractivity contribution < 1.29 is 13.2 Å². The monoisotopic (exact) mass is 386 g/mol. The number of furan rings is 1. The minimum absolute atomic E-state index is 0.183. The number of aryl methyl sites for hydroxylation is 2. The van der Waals surface area contributed by atoms with Gasteiger partial charge in [-0.3, -0.25) is 4.98 Å². The molecule has 0 amide bonds. The van der Waals surface area contributed by atoms with E-state index in [-0.39, 0.29) is 5.56 Å². The third-order valence-electron chi connectivity index (χ3n) is 5.14. The van der Waals surface area contributed by atoms with Crippen LogP contribution in [-0.2, 0) is 0 Å². The van der Waals surface area contributed by atoms with E-state index in [1.165, 1.54) is 12.1 Å². The van der Waals surface area contributed by atoms with Crippen LogP contribution < -0.4 is 0 Å². The van der Waals surface area contributed by atoms with Gasteiger partial charge in [-0.25, -0.2) is 13.8 Å². The molecule has 0 atom stereocenters. The average Bonchev–Trinajstić information content (AvgIpc) is 3.07. The smallest absolute Gasteiger partial charge is 0.227 e. The van der Waals surface area contributed by atoms with E-state index in [1.807, 2.05) is 38.1 Å². The largest absolute Gasteiger partial charge is 0.437 e. The van der Waals surface area contributed by atoms with Gasteiger partial charge in [0.1, 0.15) is 5.58 Å². The molecule has 0 radical (unpaired) electrons. The first-order valence-electron chi connectivity index (χ1n) is 9.23. The molecule has 2 aromatic carbocycles. The average molecular weight is 386 g/mol. The van der Waals surface area contributed by atoms with Gasteiger partial charge in [0.25, 0.3) is 0 Å². The number of hydrogen-bond donors (Lipinski definition) is 0. The number of hydrogen-bond acceptors (Lipinski definition) is 3. The van der Waals surface area contributed by atoms with Crippen molar-refractivity contribution in [1.29, 1.82) is 0 Å². The fourth-order valence-corrected chi connectivity index (χ4v) is 3.66. The summed E-state index contributed by atoms with van der Waals surface area (Å²) in [5.74, 6) is -1.75. The topological polar surface area (TPSA) is 38.9 Å². The maximum absolute atomic E-state index is 14.1. The Kier molecular flexibility index (Phi) is 3.91. The Labute approximate surface area is 165 Å². The summed E-state index contributed by atoms with van der Waals surface area (Å²) >= 11 is 0. The molecule has 0 aliphatic carbocycles. The van der Waals surface area contributed by atoms with Gasteiger partial charge >= 0.3 is 0 Å². The summed E-state index contributed by atoms with van der Waals surface area (Å²) < 4.78 is 33.8. The molecular formula is C24H16F2N2O. The van der Waals surface area contributed by atoms with Crippen LogP contribution in [0.15, 0.2) is 65.2 Å². The van der Waals surface area contributed by atoms with Crippen molar-refractivity contribution >= 4 is 22.1 Å². The quantitative estimate of drug-likeness (QED) is 0.343. The highest BCUT2D eigenvalue weighted by molar-refractivity contribution is 6.09. The number of benzene rings is 2. The zero-order valence-electron chi connectivity index (χ0n) is 15.8. The molecular weight excluding hydrogens is 370 g/mol. The SMILES string of the molecule is Cc1ccc2c(n1)oc1c(-c3ccc(-c4cccc(F)c4F)cn3)c(C)ccc12. The van der Waals surface area contributed by atoms with E-state index in [0.717, 1.165) is 39.2 Å². The molecule has 5 heteroatoms. The van der Waals surface area contributed by atoms with Gasteiger partial charge in [-0.15, -0.1) is 0 Å². The van der Waals surface area contributed by atoms with Crippen molar-refractivity contribution in [2.75, 3.05) is 0 Å². The second kappa shape index (κ2) is 6.48. The summed E-state index contributed by atoms with van der Waals surface area (Å²) in [6.45, 7) is 3.91. The molecule has 0 aliphatic rings. The number of aromatic nitrogens is 2. The van der Waals surface area contributed by atoms with Gasteiger partial charge in [0.05, 0.1) is 5.69 Å². The number of halogens is 2. The van der Waals surface area contributed by atoms with Crippen LogP contribution in [0.5, 0.6) is 0 Å². The molecule has 0 aliphatic heterocycles. The van der Waals surface area contributed by atoms with E-state index in [1.54, 1.807) is 18.3 Å². The van der Waals surface area contributed by atoms with Gasteiger partial charge < -0.3 is 4.42 Å². The molecule has 0 N–H and O–H groups in total. The number of nitrogens with zero attached hydrogens (tertiary/aromatic N) is 2. The van der Waals surface area contributed by atoms with E-state index in [0.29, 0.717) is 17.0 Å². The van der Waals surface area contributed by atoms with Crippen LogP contribution in [0.3, 0.4) is 0 Å². The number of rotatable bonds is 2. The highest BCUT2D eigenvalue weighted by Gasteiger charge is 2.17. The molecule has 3 nitrogen and oxygen atoms in total. The van der Waals surface area contributed by atoms with Crippen LogP contribution in [0, 0.1) is 25.5 Å². The first-order valence-corrected chi connectivity index (χ1v) is 9.23. The predicted molar refractivity (Wildman–Crippen MR) is 110 cm³/mol. The standard InChI is InChI=1S/C24H16F2N2O/c1-13-6-9-17-18-10-7-14(2)28-24(18)29-23(17)21(13)20-11-8-15(12-27-20)16-4-3-5-19(25)22(16)26/h3-12H,1-2H3. The summed E-state index contributed by atoms with van der Waals surface area (Å²) in [5.41, 5.74) is 5.45. The zero-order chi connectivity index (χ0) is 20.1. The fraction of sp³-hybridized carbons (Fsp3) is 0.0833. The lowest BCUT2D eigenvalue weighted by atomic mass is 10.00. The number of fused-ring (bicyclic) bond motifs is 3. The summed E-state index contributed by atoms with van der Waals surface area (Å²) in [6.07, 6.45) is 1.55. The van der Waals surface area contributed by atoms with E-state index >= 15 is 0 Å². The second-order valence-electron chi connectivity index (χ2n) is 7.08. The minimum atomic E-state index is -0.878. The maximum atomic E-state index is 14.1. The van der Waals surface area contributed by atoms with Crippen molar-refractivity contribution in [2.45, 2.75) is 13.8 Å². The normalized spacial score (nSPS) is 11.4. The molecule has 3 aromatic heterocycles. The second-order valence-corrected chi connectivity index (χ2v) is 7.08. The molecule has 0 saturated heterocycles. The van der Waals surface area contributed by atoms with Crippen LogP contribution in [0.25, 0.3) is 44.5 Å². The Hall–Kier alpha value is -3.60. The van der Waals surface area contributed by atoms with Crippen molar-refractivity contribution in [3.63, 3.8) is 0 Å². The van der Waals surface area contributed by atoms with Gasteiger partial charge in [-0.1, -0.05) is 30.3 Å². The Morgan fingerprint density at radius 3 is 2.48 bits per heavy atom. The molecule has 29 heavy (non-hydrogen) atoms. The molecule has 0 unspecified atom stereocenters. The maximum Gasteiger partial charge on any atom is 0.227 e. The predicted octanol–water partition coefficient (Wildman–Crippen LogP) is 6.61. The Morgan fingerprint density at radius 1 is 0.862 bits per heavy atom. The van der Waals surface area contributed by atoms with E-state index in [4.69, 9.17) is 4.42 Å². The van der Waals surface area contributed by atoms with Gasteiger partial charge in [-0.05, 0) is 43.7 Å². The Balaban J connectivity index is 1.68. The Bertz CT molecular complexity index is 1390. The third-order valence-corrected chi connectivity index (χ3v) is 5.14. The van der Waals surface area contributed by atoms with Crippen molar-refractivity contribution in [3.8, 4) is 22.4 Å². The van der Waals surface area contributed by atoms with Crippen LogP contribution in [0.1, 0.15) is 11.3 Å². The lowest BCUT2D eigenvalue weighted by molar-refractivity contribution is 0.511. The minimum Gasteiger partial charge on any atom is -0.437 e. The first-order chi connectivity index (χ1) is 14.0. The molecule has 142 valence electrons. The lowest BCUT2D eigenvalue weighted by Crippen LogP contribution is -1.92. The van der Waals surface area contributed by atoms with Crippen molar-refractivity contribution in [1.82, 2.24) is 9.97 Å². The first kappa shape index (κ1) is 17.5. The van der Waals surface area contributed by atoms with Crippen LogP contribution >= 0.6 is 0 Å². The zero-order valence-corrected chi connectivity index (χ0v) is 15.8. The highest BCUT2D eigenvalue weighted by atomic mass is 19.2. The molecule has 0 bridgehead atoms. The summed E-state index contributed by atoms with van der Waals surface area (Å²) in [5, 5.41) is 1.92. The third kappa shape index (κ3) is 2.78.